The number of rotatable bonds is 5. The highest BCUT2D eigenvalue weighted by Gasteiger charge is 1.87. The molecule has 12 heavy (non-hydrogen) atoms. The minimum atomic E-state index is 0.515. The summed E-state index contributed by atoms with van der Waals surface area (Å²) in [7, 11) is 0. The molecule has 0 atom stereocenters. The van der Waals surface area contributed by atoms with Crippen molar-refractivity contribution in [2.24, 2.45) is 5.73 Å². The quantitative estimate of drug-likeness (QED) is 0.507. The van der Waals surface area contributed by atoms with Crippen LogP contribution in [0.4, 0.5) is 5.69 Å². The summed E-state index contributed by atoms with van der Waals surface area (Å²) in [5, 5.41) is 3.10. The number of benzene rings is 1. The Morgan fingerprint density at radius 2 is 2.00 bits per heavy atom. The topological polar surface area (TPSA) is 47.3 Å². The van der Waals surface area contributed by atoms with E-state index in [-0.39, 0.29) is 0 Å². The summed E-state index contributed by atoms with van der Waals surface area (Å²) in [4.78, 5) is 0. The van der Waals surface area contributed by atoms with Crippen LogP contribution < -0.4 is 11.1 Å². The van der Waals surface area contributed by atoms with Gasteiger partial charge in [-0.25, -0.2) is 0 Å². The lowest BCUT2D eigenvalue weighted by atomic mass is 10.3. The fourth-order valence-electron chi connectivity index (χ4n) is 0.846. The Kier molecular flexibility index (Phi) is 4.19. The van der Waals surface area contributed by atoms with Crippen LogP contribution in [0.3, 0.4) is 0 Å². The van der Waals surface area contributed by atoms with Crippen molar-refractivity contribution in [1.29, 1.82) is 0 Å². The van der Waals surface area contributed by atoms with E-state index in [0.717, 1.165) is 5.69 Å². The maximum absolute atomic E-state index is 5.26. The number of ether oxygens (including phenoxy) is 1. The van der Waals surface area contributed by atoms with Crippen LogP contribution in [0.2, 0.25) is 0 Å². The molecule has 3 heteroatoms. The van der Waals surface area contributed by atoms with Crippen molar-refractivity contribution in [2.75, 3.05) is 25.2 Å². The molecule has 0 aliphatic carbocycles. The van der Waals surface area contributed by atoms with Gasteiger partial charge in [0.2, 0.25) is 0 Å². The van der Waals surface area contributed by atoms with Gasteiger partial charge in [-0.15, -0.1) is 0 Å². The van der Waals surface area contributed by atoms with E-state index in [2.05, 4.69) is 5.32 Å². The molecule has 0 amide bonds. The number of para-hydroxylation sites is 1. The summed E-state index contributed by atoms with van der Waals surface area (Å²) in [5.74, 6) is 0. The van der Waals surface area contributed by atoms with Gasteiger partial charge in [0, 0.05) is 12.2 Å². The van der Waals surface area contributed by atoms with Gasteiger partial charge in [-0.1, -0.05) is 18.2 Å². The predicted octanol–water partition coefficient (Wildman–Crippen LogP) is 1.03. The number of hydrogen-bond acceptors (Lipinski definition) is 3. The zero-order valence-corrected chi connectivity index (χ0v) is 6.99. The van der Waals surface area contributed by atoms with Gasteiger partial charge in [-0.05, 0) is 12.1 Å². The molecule has 0 spiro atoms. The second kappa shape index (κ2) is 5.57. The normalized spacial score (nSPS) is 9.75. The van der Waals surface area contributed by atoms with Crippen molar-refractivity contribution >= 4 is 5.69 Å². The standard InChI is InChI=1S/C9H14N2O/c10-6-7-12-8-11-9-4-2-1-3-5-9/h1-5,11H,6-8,10H2. The van der Waals surface area contributed by atoms with Crippen LogP contribution in [0.15, 0.2) is 30.3 Å². The van der Waals surface area contributed by atoms with Crippen LogP contribution in [0.1, 0.15) is 0 Å². The monoisotopic (exact) mass is 166 g/mol. The first-order chi connectivity index (χ1) is 5.93. The Morgan fingerprint density at radius 1 is 1.25 bits per heavy atom. The van der Waals surface area contributed by atoms with E-state index in [1.807, 2.05) is 30.3 Å². The largest absolute Gasteiger partial charge is 0.363 e. The smallest absolute Gasteiger partial charge is 0.116 e. The van der Waals surface area contributed by atoms with Gasteiger partial charge < -0.3 is 15.8 Å². The molecule has 0 unspecified atom stereocenters. The number of nitrogens with two attached hydrogens (primary N) is 1. The van der Waals surface area contributed by atoms with Crippen LogP contribution in [0.25, 0.3) is 0 Å². The Hall–Kier alpha value is -1.06. The number of nitrogens with one attached hydrogen (secondary N) is 1. The lowest BCUT2D eigenvalue weighted by molar-refractivity contribution is 0.160. The van der Waals surface area contributed by atoms with Crippen molar-refractivity contribution in [3.05, 3.63) is 30.3 Å². The molecule has 0 radical (unpaired) electrons. The van der Waals surface area contributed by atoms with E-state index >= 15 is 0 Å². The van der Waals surface area contributed by atoms with Crippen molar-refractivity contribution in [3.8, 4) is 0 Å². The highest BCUT2D eigenvalue weighted by Crippen LogP contribution is 2.03. The summed E-state index contributed by atoms with van der Waals surface area (Å²) < 4.78 is 5.15. The summed E-state index contributed by atoms with van der Waals surface area (Å²) in [6.45, 7) is 1.68. The van der Waals surface area contributed by atoms with Crippen LogP contribution in [-0.4, -0.2) is 19.9 Å². The molecule has 1 rings (SSSR count). The molecule has 0 aliphatic heterocycles. The maximum Gasteiger partial charge on any atom is 0.116 e. The van der Waals surface area contributed by atoms with E-state index in [1.165, 1.54) is 0 Å². The first-order valence-electron chi connectivity index (χ1n) is 4.00. The summed E-state index contributed by atoms with van der Waals surface area (Å²) in [6, 6.07) is 9.92. The van der Waals surface area contributed by atoms with Crippen molar-refractivity contribution in [3.63, 3.8) is 0 Å². The van der Waals surface area contributed by atoms with Gasteiger partial charge in [0.1, 0.15) is 6.73 Å². The molecule has 1 aromatic rings. The highest BCUT2D eigenvalue weighted by molar-refractivity contribution is 5.41. The fourth-order valence-corrected chi connectivity index (χ4v) is 0.846. The molecule has 0 saturated carbocycles. The third-order valence-electron chi connectivity index (χ3n) is 1.41. The molecule has 0 aromatic heterocycles. The predicted molar refractivity (Wildman–Crippen MR) is 49.9 cm³/mol. The van der Waals surface area contributed by atoms with Crippen LogP contribution in [0.5, 0.6) is 0 Å². The molecule has 0 aliphatic rings. The van der Waals surface area contributed by atoms with E-state index < -0.39 is 0 Å². The van der Waals surface area contributed by atoms with E-state index in [9.17, 15) is 0 Å². The van der Waals surface area contributed by atoms with Crippen molar-refractivity contribution in [2.45, 2.75) is 0 Å². The van der Waals surface area contributed by atoms with Gasteiger partial charge in [0.05, 0.1) is 6.61 Å². The third-order valence-corrected chi connectivity index (χ3v) is 1.41. The van der Waals surface area contributed by atoms with Gasteiger partial charge in [0.15, 0.2) is 0 Å². The molecule has 3 nitrogen and oxygen atoms in total. The average Bonchev–Trinajstić information content (AvgIpc) is 2.14. The Labute approximate surface area is 72.5 Å². The fraction of sp³-hybridized carbons (Fsp3) is 0.333. The minimum Gasteiger partial charge on any atom is -0.363 e. The minimum absolute atomic E-state index is 0.515. The molecule has 1 aromatic carbocycles. The SMILES string of the molecule is NCCOCNc1ccccc1. The summed E-state index contributed by atoms with van der Waals surface area (Å²) in [6.07, 6.45) is 0. The maximum atomic E-state index is 5.26. The molecule has 3 N–H and O–H groups in total. The summed E-state index contributed by atoms with van der Waals surface area (Å²) >= 11 is 0. The first-order valence-corrected chi connectivity index (χ1v) is 4.00. The summed E-state index contributed by atoms with van der Waals surface area (Å²) in [5.41, 5.74) is 6.32. The molecular formula is C9H14N2O. The Balaban J connectivity index is 2.16. The first kappa shape index (κ1) is 9.03. The van der Waals surface area contributed by atoms with Crippen LogP contribution >= 0.6 is 0 Å². The van der Waals surface area contributed by atoms with E-state index in [1.54, 1.807) is 0 Å². The Bertz CT molecular complexity index is 201. The third kappa shape index (κ3) is 3.37. The van der Waals surface area contributed by atoms with E-state index in [4.69, 9.17) is 10.5 Å². The molecule has 0 bridgehead atoms. The highest BCUT2D eigenvalue weighted by atomic mass is 16.5. The number of anilines is 1. The van der Waals surface area contributed by atoms with Crippen molar-refractivity contribution < 1.29 is 4.74 Å². The Morgan fingerprint density at radius 3 is 2.67 bits per heavy atom. The lowest BCUT2D eigenvalue weighted by Crippen LogP contribution is -2.13. The lowest BCUT2D eigenvalue weighted by Gasteiger charge is -2.05. The van der Waals surface area contributed by atoms with Crippen molar-refractivity contribution in [1.82, 2.24) is 0 Å². The van der Waals surface area contributed by atoms with Crippen LogP contribution in [0, 0.1) is 0 Å². The molecular weight excluding hydrogens is 152 g/mol. The number of hydrogen-bond donors (Lipinski definition) is 2. The van der Waals surface area contributed by atoms with E-state index in [0.29, 0.717) is 19.9 Å². The van der Waals surface area contributed by atoms with Gasteiger partial charge in [-0.2, -0.15) is 0 Å². The molecule has 66 valence electrons. The molecule has 0 saturated heterocycles. The van der Waals surface area contributed by atoms with Gasteiger partial charge in [-0.3, -0.25) is 0 Å². The van der Waals surface area contributed by atoms with Gasteiger partial charge in [0.25, 0.3) is 0 Å². The molecule has 0 fully saturated rings. The molecule has 0 heterocycles. The zero-order chi connectivity index (χ0) is 8.65. The second-order valence-corrected chi connectivity index (χ2v) is 2.38. The average molecular weight is 166 g/mol. The van der Waals surface area contributed by atoms with Crippen LogP contribution in [-0.2, 0) is 4.74 Å². The second-order valence-electron chi connectivity index (χ2n) is 2.38. The zero-order valence-electron chi connectivity index (χ0n) is 6.99. The van der Waals surface area contributed by atoms with Gasteiger partial charge >= 0.3 is 0 Å².